The second-order valence-electron chi connectivity index (χ2n) is 5.98. The Morgan fingerprint density at radius 3 is 2.83 bits per heavy atom. The van der Waals surface area contributed by atoms with Gasteiger partial charge in [-0.2, -0.15) is 0 Å². The molecular formula is C18H24N2O3S. The zero-order valence-corrected chi connectivity index (χ0v) is 14.9. The average Bonchev–Trinajstić information content (AvgIpc) is 3.31. The fraction of sp³-hybridized carbons (Fsp3) is 0.556. The van der Waals surface area contributed by atoms with E-state index in [4.69, 9.17) is 14.0 Å². The maximum atomic E-state index is 5.80. The van der Waals surface area contributed by atoms with E-state index in [0.717, 1.165) is 60.4 Å². The number of unbranched alkanes of at least 4 members (excludes halogenated alkanes) is 4. The van der Waals surface area contributed by atoms with Crippen LogP contribution < -0.4 is 4.74 Å². The molecule has 0 saturated carbocycles. The number of nitrogens with zero attached hydrogens (tertiary/aromatic N) is 2. The van der Waals surface area contributed by atoms with Gasteiger partial charge >= 0.3 is 0 Å². The van der Waals surface area contributed by atoms with E-state index < -0.39 is 0 Å². The van der Waals surface area contributed by atoms with E-state index in [0.29, 0.717) is 6.61 Å². The molecule has 130 valence electrons. The summed E-state index contributed by atoms with van der Waals surface area (Å²) in [5, 5.41) is 5.93. The Hall–Kier alpha value is -1.82. The van der Waals surface area contributed by atoms with Crippen LogP contribution in [0.2, 0.25) is 0 Å². The number of rotatable bonds is 10. The Labute approximate surface area is 146 Å². The Morgan fingerprint density at radius 2 is 2.04 bits per heavy atom. The molecule has 5 nitrogen and oxygen atoms in total. The molecule has 1 aliphatic heterocycles. The smallest absolute Gasteiger partial charge is 0.226 e. The van der Waals surface area contributed by atoms with Crippen molar-refractivity contribution in [3.05, 3.63) is 33.8 Å². The van der Waals surface area contributed by atoms with Crippen molar-refractivity contribution in [2.24, 2.45) is 4.99 Å². The van der Waals surface area contributed by atoms with Gasteiger partial charge in [-0.3, -0.25) is 0 Å². The van der Waals surface area contributed by atoms with Crippen LogP contribution in [0.5, 0.6) is 5.75 Å². The highest BCUT2D eigenvalue weighted by atomic mass is 32.1. The molecule has 0 aliphatic carbocycles. The van der Waals surface area contributed by atoms with Crippen molar-refractivity contribution in [3.8, 4) is 5.75 Å². The van der Waals surface area contributed by atoms with Gasteiger partial charge in [0, 0.05) is 23.9 Å². The third-order valence-corrected chi connectivity index (χ3v) is 4.78. The molecule has 3 heterocycles. The van der Waals surface area contributed by atoms with Crippen molar-refractivity contribution < 1.29 is 14.0 Å². The lowest BCUT2D eigenvalue weighted by Gasteiger charge is -2.03. The van der Waals surface area contributed by atoms with Crippen LogP contribution in [0.3, 0.4) is 0 Å². The lowest BCUT2D eigenvalue weighted by Crippen LogP contribution is -1.98. The quantitative estimate of drug-likeness (QED) is 0.597. The van der Waals surface area contributed by atoms with Gasteiger partial charge in [-0.25, -0.2) is 4.99 Å². The molecule has 0 saturated heterocycles. The van der Waals surface area contributed by atoms with Crippen LogP contribution in [0.25, 0.3) is 0 Å². The average molecular weight is 348 g/mol. The molecular weight excluding hydrogens is 324 g/mol. The zero-order chi connectivity index (χ0) is 16.6. The second kappa shape index (κ2) is 8.87. The van der Waals surface area contributed by atoms with E-state index in [9.17, 15) is 0 Å². The minimum atomic E-state index is 0.694. The van der Waals surface area contributed by atoms with Gasteiger partial charge in [0.15, 0.2) is 0 Å². The second-order valence-corrected chi connectivity index (χ2v) is 6.89. The highest BCUT2D eigenvalue weighted by Crippen LogP contribution is 2.24. The molecule has 3 rings (SSSR count). The molecule has 2 aromatic rings. The number of aliphatic imine (C=N–C) groups is 1. The minimum absolute atomic E-state index is 0.694. The maximum absolute atomic E-state index is 5.80. The highest BCUT2D eigenvalue weighted by Gasteiger charge is 2.13. The van der Waals surface area contributed by atoms with Crippen LogP contribution in [-0.4, -0.2) is 30.8 Å². The number of aryl methyl sites for hydroxylation is 2. The standard InChI is InChI=1S/C18H24N2O3S/c1-14-11-15(23-20-14)7-5-3-2-4-6-9-21-16-12-17(24-13-16)18-19-8-10-22-18/h11-13H,2-10H2,1H3. The van der Waals surface area contributed by atoms with Gasteiger partial charge in [-0.15, -0.1) is 11.3 Å². The van der Waals surface area contributed by atoms with Crippen molar-refractivity contribution in [1.82, 2.24) is 5.16 Å². The monoisotopic (exact) mass is 348 g/mol. The van der Waals surface area contributed by atoms with Gasteiger partial charge in [0.05, 0.1) is 23.7 Å². The fourth-order valence-corrected chi connectivity index (χ4v) is 3.43. The summed E-state index contributed by atoms with van der Waals surface area (Å²) in [6.07, 6.45) is 6.88. The summed E-state index contributed by atoms with van der Waals surface area (Å²) >= 11 is 1.63. The summed E-state index contributed by atoms with van der Waals surface area (Å²) in [5.74, 6) is 2.69. The topological polar surface area (TPSA) is 56.9 Å². The summed E-state index contributed by atoms with van der Waals surface area (Å²) in [7, 11) is 0. The van der Waals surface area contributed by atoms with Gasteiger partial charge in [-0.1, -0.05) is 24.4 Å². The van der Waals surface area contributed by atoms with Crippen LogP contribution in [0.15, 0.2) is 27.0 Å². The first kappa shape index (κ1) is 17.0. The van der Waals surface area contributed by atoms with Crippen molar-refractivity contribution in [1.29, 1.82) is 0 Å². The Bertz CT molecular complexity index is 663. The van der Waals surface area contributed by atoms with E-state index in [1.807, 2.05) is 24.4 Å². The first-order valence-corrected chi connectivity index (χ1v) is 9.50. The van der Waals surface area contributed by atoms with Crippen LogP contribution >= 0.6 is 11.3 Å². The predicted molar refractivity (Wildman–Crippen MR) is 95.2 cm³/mol. The van der Waals surface area contributed by atoms with Crippen LogP contribution in [0.1, 0.15) is 48.4 Å². The summed E-state index contributed by atoms with van der Waals surface area (Å²) in [6.45, 7) is 4.18. The van der Waals surface area contributed by atoms with Crippen molar-refractivity contribution >= 4 is 17.2 Å². The number of thiophene rings is 1. The van der Waals surface area contributed by atoms with Gasteiger partial charge in [-0.05, 0) is 19.8 Å². The molecule has 6 heteroatoms. The number of aromatic nitrogens is 1. The van der Waals surface area contributed by atoms with Gasteiger partial charge in [0.25, 0.3) is 0 Å². The predicted octanol–water partition coefficient (Wildman–Crippen LogP) is 4.39. The fourth-order valence-electron chi connectivity index (χ4n) is 2.65. The lowest BCUT2D eigenvalue weighted by molar-refractivity contribution is 0.305. The zero-order valence-electron chi connectivity index (χ0n) is 14.1. The third-order valence-electron chi connectivity index (χ3n) is 3.88. The van der Waals surface area contributed by atoms with Gasteiger partial charge in [0.1, 0.15) is 18.1 Å². The summed E-state index contributed by atoms with van der Waals surface area (Å²) in [5.41, 5.74) is 0.963. The van der Waals surface area contributed by atoms with E-state index in [1.54, 1.807) is 11.3 Å². The van der Waals surface area contributed by atoms with E-state index >= 15 is 0 Å². The van der Waals surface area contributed by atoms with Crippen LogP contribution in [-0.2, 0) is 11.2 Å². The molecule has 0 bridgehead atoms. The maximum Gasteiger partial charge on any atom is 0.226 e. The molecule has 0 spiro atoms. The van der Waals surface area contributed by atoms with E-state index in [1.165, 1.54) is 19.3 Å². The summed E-state index contributed by atoms with van der Waals surface area (Å²) in [4.78, 5) is 5.38. The summed E-state index contributed by atoms with van der Waals surface area (Å²) in [6, 6.07) is 4.04. The minimum Gasteiger partial charge on any atom is -0.493 e. The molecule has 0 unspecified atom stereocenters. The van der Waals surface area contributed by atoms with E-state index in [2.05, 4.69) is 10.1 Å². The van der Waals surface area contributed by atoms with E-state index in [-0.39, 0.29) is 0 Å². The van der Waals surface area contributed by atoms with Gasteiger partial charge < -0.3 is 14.0 Å². The first-order chi connectivity index (χ1) is 11.8. The normalized spacial score (nSPS) is 13.8. The Balaban J connectivity index is 1.22. The molecule has 0 fully saturated rings. The Morgan fingerprint density at radius 1 is 1.17 bits per heavy atom. The SMILES string of the molecule is Cc1cc(CCCCCCCOc2csc(C3=NCCO3)c2)on1. The number of hydrogen-bond donors (Lipinski definition) is 0. The number of ether oxygens (including phenoxy) is 2. The molecule has 0 aromatic carbocycles. The molecule has 2 aromatic heterocycles. The van der Waals surface area contributed by atoms with Crippen LogP contribution in [0.4, 0.5) is 0 Å². The largest absolute Gasteiger partial charge is 0.493 e. The molecule has 0 atom stereocenters. The summed E-state index contributed by atoms with van der Waals surface area (Å²) < 4.78 is 16.5. The van der Waals surface area contributed by atoms with Crippen molar-refractivity contribution in [2.75, 3.05) is 19.8 Å². The Kier molecular flexibility index (Phi) is 6.29. The van der Waals surface area contributed by atoms with Crippen molar-refractivity contribution in [2.45, 2.75) is 45.4 Å². The molecule has 0 N–H and O–H groups in total. The molecule has 1 aliphatic rings. The first-order valence-electron chi connectivity index (χ1n) is 8.62. The third kappa shape index (κ3) is 5.09. The van der Waals surface area contributed by atoms with Crippen molar-refractivity contribution in [3.63, 3.8) is 0 Å². The van der Waals surface area contributed by atoms with Gasteiger partial charge in [0.2, 0.25) is 5.90 Å². The molecule has 0 amide bonds. The van der Waals surface area contributed by atoms with Crippen LogP contribution in [0, 0.1) is 6.92 Å². The number of hydrogen-bond acceptors (Lipinski definition) is 6. The molecule has 24 heavy (non-hydrogen) atoms. The lowest BCUT2D eigenvalue weighted by atomic mass is 10.1. The highest BCUT2D eigenvalue weighted by molar-refractivity contribution is 7.12. The molecule has 0 radical (unpaired) electrons.